The fourth-order valence-electron chi connectivity index (χ4n) is 1.00. The maximum atomic E-state index is 10.7. The molecule has 0 aromatic carbocycles. The van der Waals surface area contributed by atoms with Crippen LogP contribution in [0.3, 0.4) is 0 Å². The molecule has 0 radical (unpaired) electrons. The molecular weight excluding hydrogens is 214 g/mol. The van der Waals surface area contributed by atoms with Crippen LogP contribution in [0.15, 0.2) is 18.3 Å². The van der Waals surface area contributed by atoms with Gasteiger partial charge in [-0.1, -0.05) is 6.92 Å². The van der Waals surface area contributed by atoms with Gasteiger partial charge in [0.15, 0.2) is 0 Å². The van der Waals surface area contributed by atoms with E-state index in [-0.39, 0.29) is 5.69 Å². The van der Waals surface area contributed by atoms with Crippen molar-refractivity contribution < 1.29 is 4.92 Å². The highest BCUT2D eigenvalue weighted by atomic mass is 32.2. The number of anilines is 1. The van der Waals surface area contributed by atoms with Crippen molar-refractivity contribution >= 4 is 23.3 Å². The molecule has 15 heavy (non-hydrogen) atoms. The molecule has 0 aliphatic rings. The molecule has 1 aromatic heterocycles. The average Bonchev–Trinajstić information content (AvgIpc) is 2.26. The van der Waals surface area contributed by atoms with Gasteiger partial charge in [-0.05, 0) is 12.3 Å². The Hall–Kier alpha value is -1.30. The number of nitrogens with zero attached hydrogens (tertiary/aromatic N) is 2. The monoisotopic (exact) mass is 227 g/mol. The summed E-state index contributed by atoms with van der Waals surface area (Å²) < 4.78 is 0. The Morgan fingerprint density at radius 3 is 3.07 bits per heavy atom. The van der Waals surface area contributed by atoms with Crippen LogP contribution in [0, 0.1) is 10.1 Å². The Morgan fingerprint density at radius 1 is 1.73 bits per heavy atom. The van der Waals surface area contributed by atoms with Gasteiger partial charge in [-0.15, -0.1) is 0 Å². The van der Waals surface area contributed by atoms with Gasteiger partial charge < -0.3 is 5.32 Å². The molecule has 1 rings (SSSR count). The minimum Gasteiger partial charge on any atom is -0.363 e. The first-order chi connectivity index (χ1) is 7.15. The van der Waals surface area contributed by atoms with Crippen LogP contribution in [0.5, 0.6) is 0 Å². The van der Waals surface area contributed by atoms with Crippen molar-refractivity contribution in [3.05, 3.63) is 28.4 Å². The van der Waals surface area contributed by atoms with E-state index in [1.807, 2.05) is 13.2 Å². The fraction of sp³-hybridized carbons (Fsp3) is 0.444. The second-order valence-corrected chi connectivity index (χ2v) is 4.33. The minimum absolute atomic E-state index is 0.0193. The van der Waals surface area contributed by atoms with Crippen molar-refractivity contribution in [3.8, 4) is 0 Å². The van der Waals surface area contributed by atoms with Crippen LogP contribution in [0.25, 0.3) is 0 Å². The second kappa shape index (κ2) is 5.55. The van der Waals surface area contributed by atoms with Crippen LogP contribution >= 0.6 is 11.8 Å². The molecule has 1 unspecified atom stereocenters. The highest BCUT2D eigenvalue weighted by molar-refractivity contribution is 7.99. The molecule has 0 aliphatic heterocycles. The highest BCUT2D eigenvalue weighted by Crippen LogP contribution is 2.20. The third-order valence-corrected chi connectivity index (χ3v) is 2.91. The Kier molecular flexibility index (Phi) is 4.36. The van der Waals surface area contributed by atoms with Gasteiger partial charge in [0.1, 0.15) is 0 Å². The fourth-order valence-corrected chi connectivity index (χ4v) is 1.25. The number of pyridine rings is 1. The summed E-state index contributed by atoms with van der Waals surface area (Å²) in [5.41, 5.74) is 0.0193. The maximum Gasteiger partial charge on any atom is 0.311 e. The minimum atomic E-state index is -0.431. The summed E-state index contributed by atoms with van der Waals surface area (Å²) in [6, 6.07) is 3.00. The van der Waals surface area contributed by atoms with Crippen LogP contribution in [-0.4, -0.2) is 28.0 Å². The number of aromatic nitrogens is 1. The van der Waals surface area contributed by atoms with Crippen LogP contribution < -0.4 is 5.32 Å². The van der Waals surface area contributed by atoms with Crippen molar-refractivity contribution in [1.82, 2.24) is 4.98 Å². The molecule has 0 aliphatic carbocycles. The van der Waals surface area contributed by atoms with Gasteiger partial charge >= 0.3 is 5.69 Å². The second-order valence-electron chi connectivity index (χ2n) is 3.06. The van der Waals surface area contributed by atoms with E-state index < -0.39 is 4.92 Å². The molecule has 0 saturated carbocycles. The van der Waals surface area contributed by atoms with E-state index in [1.165, 1.54) is 6.07 Å². The van der Waals surface area contributed by atoms with Gasteiger partial charge in [-0.25, -0.2) is 4.98 Å². The lowest BCUT2D eigenvalue weighted by molar-refractivity contribution is -0.384. The lowest BCUT2D eigenvalue weighted by atomic mass is 10.4. The lowest BCUT2D eigenvalue weighted by Crippen LogP contribution is -2.14. The topological polar surface area (TPSA) is 68.1 Å². The molecule has 0 fully saturated rings. The Balaban J connectivity index is 2.72. The Bertz CT molecular complexity index is 346. The molecule has 1 heterocycles. The number of hydrogen-bond donors (Lipinski definition) is 1. The SMILES string of the molecule is CSC(C)CNc1ncccc1[N+](=O)[O-]. The zero-order valence-electron chi connectivity index (χ0n) is 8.64. The van der Waals surface area contributed by atoms with E-state index in [9.17, 15) is 10.1 Å². The molecule has 0 saturated heterocycles. The van der Waals surface area contributed by atoms with Crippen LogP contribution in [-0.2, 0) is 0 Å². The smallest absolute Gasteiger partial charge is 0.311 e. The molecule has 0 bridgehead atoms. The first kappa shape index (κ1) is 11.8. The van der Waals surface area contributed by atoms with E-state index in [1.54, 1.807) is 24.0 Å². The quantitative estimate of drug-likeness (QED) is 0.616. The summed E-state index contributed by atoms with van der Waals surface area (Å²) in [4.78, 5) is 14.2. The summed E-state index contributed by atoms with van der Waals surface area (Å²) in [6.07, 6.45) is 3.54. The number of rotatable bonds is 5. The lowest BCUT2D eigenvalue weighted by Gasteiger charge is -2.09. The van der Waals surface area contributed by atoms with Gasteiger partial charge in [-0.3, -0.25) is 10.1 Å². The predicted octanol–water partition coefficient (Wildman–Crippen LogP) is 2.15. The van der Waals surface area contributed by atoms with Gasteiger partial charge in [0.25, 0.3) is 0 Å². The van der Waals surface area contributed by atoms with Gasteiger partial charge in [-0.2, -0.15) is 11.8 Å². The Labute approximate surface area is 92.4 Å². The number of hydrogen-bond acceptors (Lipinski definition) is 5. The summed E-state index contributed by atoms with van der Waals surface area (Å²) >= 11 is 1.70. The van der Waals surface area contributed by atoms with Crippen molar-refractivity contribution in [3.63, 3.8) is 0 Å². The molecule has 1 N–H and O–H groups in total. The van der Waals surface area contributed by atoms with E-state index >= 15 is 0 Å². The first-order valence-corrected chi connectivity index (χ1v) is 5.80. The van der Waals surface area contributed by atoms with Gasteiger partial charge in [0.05, 0.1) is 4.92 Å². The van der Waals surface area contributed by atoms with E-state index in [2.05, 4.69) is 10.3 Å². The highest BCUT2D eigenvalue weighted by Gasteiger charge is 2.13. The van der Waals surface area contributed by atoms with E-state index in [0.717, 1.165) is 0 Å². The summed E-state index contributed by atoms with van der Waals surface area (Å²) in [5.74, 6) is 0.336. The van der Waals surface area contributed by atoms with Crippen LogP contribution in [0.2, 0.25) is 0 Å². The normalized spacial score (nSPS) is 12.1. The standard InChI is InChI=1S/C9H13N3O2S/c1-7(15-2)6-11-9-8(12(13)14)4-3-5-10-9/h3-5,7H,6H2,1-2H3,(H,10,11). The van der Waals surface area contributed by atoms with Crippen LogP contribution in [0.4, 0.5) is 11.5 Å². The molecule has 5 nitrogen and oxygen atoms in total. The van der Waals surface area contributed by atoms with E-state index in [0.29, 0.717) is 17.6 Å². The zero-order chi connectivity index (χ0) is 11.3. The molecular formula is C9H13N3O2S. The third-order valence-electron chi connectivity index (χ3n) is 1.94. The van der Waals surface area contributed by atoms with Gasteiger partial charge in [0, 0.05) is 24.1 Å². The molecule has 1 atom stereocenters. The molecule has 0 spiro atoms. The number of nitro groups is 1. The largest absolute Gasteiger partial charge is 0.363 e. The van der Waals surface area contributed by atoms with Crippen LogP contribution in [0.1, 0.15) is 6.92 Å². The maximum absolute atomic E-state index is 10.7. The molecule has 0 amide bonds. The summed E-state index contributed by atoms with van der Waals surface area (Å²) in [6.45, 7) is 2.71. The van der Waals surface area contributed by atoms with E-state index in [4.69, 9.17) is 0 Å². The van der Waals surface area contributed by atoms with Crippen molar-refractivity contribution in [1.29, 1.82) is 0 Å². The molecule has 82 valence electrons. The molecule has 6 heteroatoms. The zero-order valence-corrected chi connectivity index (χ0v) is 9.45. The average molecular weight is 227 g/mol. The third kappa shape index (κ3) is 3.39. The molecule has 1 aromatic rings. The van der Waals surface area contributed by atoms with Crippen molar-refractivity contribution in [2.45, 2.75) is 12.2 Å². The summed E-state index contributed by atoms with van der Waals surface area (Å²) in [7, 11) is 0. The first-order valence-electron chi connectivity index (χ1n) is 4.51. The predicted molar refractivity (Wildman–Crippen MR) is 62.4 cm³/mol. The summed E-state index contributed by atoms with van der Waals surface area (Å²) in [5, 5.41) is 14.0. The number of nitrogens with one attached hydrogen (secondary N) is 1. The van der Waals surface area contributed by atoms with Crippen molar-refractivity contribution in [2.24, 2.45) is 0 Å². The van der Waals surface area contributed by atoms with Crippen molar-refractivity contribution in [2.75, 3.05) is 18.1 Å². The Morgan fingerprint density at radius 2 is 2.47 bits per heavy atom. The number of thioether (sulfide) groups is 1. The van der Waals surface area contributed by atoms with Gasteiger partial charge in [0.2, 0.25) is 5.82 Å².